The monoisotopic (exact) mass is 227 g/mol. The normalized spacial score (nSPS) is 15.7. The highest BCUT2D eigenvalue weighted by molar-refractivity contribution is 7.90. The number of hydrogen-bond acceptors (Lipinski definition) is 5. The number of aryl methyl sites for hydroxylation is 1. The Hall–Kier alpha value is -1.50. The minimum absolute atomic E-state index is 0.152. The quantitative estimate of drug-likeness (QED) is 0.669. The van der Waals surface area contributed by atoms with E-state index in [1.54, 1.807) is 0 Å². The lowest BCUT2D eigenvalue weighted by molar-refractivity contribution is -0.116. The molecule has 0 radical (unpaired) electrons. The predicted octanol–water partition coefficient (Wildman–Crippen LogP) is -0.235. The lowest BCUT2D eigenvalue weighted by Gasteiger charge is -2.14. The molecule has 0 atom stereocenters. The summed E-state index contributed by atoms with van der Waals surface area (Å²) < 4.78 is 22.3. The van der Waals surface area contributed by atoms with Crippen LogP contribution in [-0.4, -0.2) is 30.5 Å². The first-order valence-electron chi connectivity index (χ1n) is 4.32. The van der Waals surface area contributed by atoms with Gasteiger partial charge < -0.3 is 5.32 Å². The van der Waals surface area contributed by atoms with Gasteiger partial charge in [-0.2, -0.15) is 0 Å². The standard InChI is InChI=1S/C8H9N3O3S/c1-15(13,14)8-9-4-5-2-3-6(12)10-7(5)11-8/h4H,2-3H2,1H3,(H,9,10,11,12). The van der Waals surface area contributed by atoms with Crippen molar-refractivity contribution in [3.05, 3.63) is 11.8 Å². The number of nitrogens with zero attached hydrogens (tertiary/aromatic N) is 2. The van der Waals surface area contributed by atoms with Gasteiger partial charge in [0.25, 0.3) is 0 Å². The van der Waals surface area contributed by atoms with Crippen molar-refractivity contribution in [2.75, 3.05) is 11.6 Å². The first kappa shape index (κ1) is 10.0. The molecule has 6 nitrogen and oxygen atoms in total. The maximum atomic E-state index is 11.2. The summed E-state index contributed by atoms with van der Waals surface area (Å²) in [5.74, 6) is 0.155. The van der Waals surface area contributed by atoms with Gasteiger partial charge in [0, 0.05) is 24.4 Å². The molecule has 0 bridgehead atoms. The number of sulfone groups is 1. The van der Waals surface area contributed by atoms with Crippen molar-refractivity contribution in [1.29, 1.82) is 0 Å². The second kappa shape index (κ2) is 3.27. The van der Waals surface area contributed by atoms with Gasteiger partial charge in [-0.25, -0.2) is 18.4 Å². The van der Waals surface area contributed by atoms with Gasteiger partial charge in [-0.05, 0) is 6.42 Å². The molecule has 0 spiro atoms. The summed E-state index contributed by atoms with van der Waals surface area (Å²) in [6, 6.07) is 0. The van der Waals surface area contributed by atoms with Crippen molar-refractivity contribution >= 4 is 21.6 Å². The molecule has 15 heavy (non-hydrogen) atoms. The van der Waals surface area contributed by atoms with Crippen molar-refractivity contribution in [3.8, 4) is 0 Å². The van der Waals surface area contributed by atoms with E-state index in [0.717, 1.165) is 11.8 Å². The Labute approximate surface area is 86.7 Å². The molecule has 1 amide bonds. The third kappa shape index (κ3) is 1.96. The fourth-order valence-electron chi connectivity index (χ4n) is 1.30. The Kier molecular flexibility index (Phi) is 2.18. The molecule has 1 N–H and O–H groups in total. The zero-order valence-corrected chi connectivity index (χ0v) is 8.84. The van der Waals surface area contributed by atoms with Crippen molar-refractivity contribution < 1.29 is 13.2 Å². The van der Waals surface area contributed by atoms with Crippen LogP contribution in [0.2, 0.25) is 0 Å². The van der Waals surface area contributed by atoms with Crippen LogP contribution >= 0.6 is 0 Å². The van der Waals surface area contributed by atoms with Gasteiger partial charge in [-0.3, -0.25) is 4.79 Å². The summed E-state index contributed by atoms with van der Waals surface area (Å²) in [6.45, 7) is 0. The van der Waals surface area contributed by atoms with Crippen LogP contribution in [0.1, 0.15) is 12.0 Å². The zero-order valence-electron chi connectivity index (χ0n) is 8.02. The summed E-state index contributed by atoms with van der Waals surface area (Å²) in [5.41, 5.74) is 0.766. The Morgan fingerprint density at radius 3 is 2.80 bits per heavy atom. The van der Waals surface area contributed by atoms with Gasteiger partial charge in [0.05, 0.1) is 0 Å². The van der Waals surface area contributed by atoms with Gasteiger partial charge in [-0.1, -0.05) is 0 Å². The molecule has 1 aromatic rings. The molecule has 2 heterocycles. The lowest BCUT2D eigenvalue weighted by atomic mass is 10.1. The molecule has 2 rings (SSSR count). The predicted molar refractivity (Wildman–Crippen MR) is 52.1 cm³/mol. The first-order chi connectivity index (χ1) is 6.97. The van der Waals surface area contributed by atoms with E-state index in [-0.39, 0.29) is 11.1 Å². The van der Waals surface area contributed by atoms with Crippen molar-refractivity contribution in [2.24, 2.45) is 0 Å². The number of rotatable bonds is 1. The van der Waals surface area contributed by atoms with Gasteiger partial charge in [0.2, 0.25) is 20.9 Å². The van der Waals surface area contributed by atoms with Crippen molar-refractivity contribution in [2.45, 2.75) is 18.0 Å². The van der Waals surface area contributed by atoms with Crippen LogP contribution in [0.3, 0.4) is 0 Å². The van der Waals surface area contributed by atoms with E-state index in [4.69, 9.17) is 0 Å². The lowest BCUT2D eigenvalue weighted by Crippen LogP contribution is -2.21. The molecule has 1 aliphatic rings. The number of amides is 1. The van der Waals surface area contributed by atoms with E-state index < -0.39 is 9.84 Å². The van der Waals surface area contributed by atoms with Crippen LogP contribution in [0.5, 0.6) is 0 Å². The molecule has 0 aliphatic carbocycles. The van der Waals surface area contributed by atoms with E-state index in [2.05, 4.69) is 15.3 Å². The molecule has 1 aromatic heterocycles. The number of carbonyl (C=O) groups is 1. The van der Waals surface area contributed by atoms with E-state index in [9.17, 15) is 13.2 Å². The van der Waals surface area contributed by atoms with Crippen LogP contribution in [0.15, 0.2) is 11.4 Å². The molecule has 7 heteroatoms. The molecule has 0 fully saturated rings. The third-order valence-electron chi connectivity index (χ3n) is 2.05. The summed E-state index contributed by atoms with van der Waals surface area (Å²) in [5, 5.41) is 2.26. The summed E-state index contributed by atoms with van der Waals surface area (Å²) in [6.07, 6.45) is 3.40. The number of carbonyl (C=O) groups excluding carboxylic acids is 1. The highest BCUT2D eigenvalue weighted by Crippen LogP contribution is 2.19. The highest BCUT2D eigenvalue weighted by Gasteiger charge is 2.19. The minimum atomic E-state index is -3.43. The Morgan fingerprint density at radius 2 is 2.13 bits per heavy atom. The van der Waals surface area contributed by atoms with Crippen LogP contribution in [0, 0.1) is 0 Å². The Bertz CT molecular complexity index is 524. The molecule has 0 aromatic carbocycles. The molecule has 0 unspecified atom stereocenters. The van der Waals surface area contributed by atoms with Crippen LogP contribution < -0.4 is 5.32 Å². The largest absolute Gasteiger partial charge is 0.310 e. The van der Waals surface area contributed by atoms with Crippen LogP contribution in [0.25, 0.3) is 0 Å². The number of fused-ring (bicyclic) bond motifs is 1. The summed E-state index contributed by atoms with van der Waals surface area (Å²) in [4.78, 5) is 18.6. The number of hydrogen-bond donors (Lipinski definition) is 1. The SMILES string of the molecule is CS(=O)(=O)c1ncc2c(n1)NC(=O)CC2. The van der Waals surface area contributed by atoms with E-state index >= 15 is 0 Å². The minimum Gasteiger partial charge on any atom is -0.310 e. The van der Waals surface area contributed by atoms with E-state index in [1.165, 1.54) is 6.20 Å². The summed E-state index contributed by atoms with van der Waals surface area (Å²) in [7, 11) is -3.43. The Balaban J connectivity index is 2.50. The second-order valence-electron chi connectivity index (χ2n) is 3.35. The van der Waals surface area contributed by atoms with Crippen LogP contribution in [-0.2, 0) is 21.1 Å². The second-order valence-corrected chi connectivity index (χ2v) is 5.26. The third-order valence-corrected chi connectivity index (χ3v) is 2.91. The Morgan fingerprint density at radius 1 is 1.40 bits per heavy atom. The summed E-state index contributed by atoms with van der Waals surface area (Å²) >= 11 is 0. The first-order valence-corrected chi connectivity index (χ1v) is 6.22. The van der Waals surface area contributed by atoms with Gasteiger partial charge in [0.15, 0.2) is 0 Å². The number of aromatic nitrogens is 2. The average Bonchev–Trinajstić information content (AvgIpc) is 2.15. The van der Waals surface area contributed by atoms with Gasteiger partial charge in [0.1, 0.15) is 5.82 Å². The molecule has 80 valence electrons. The average molecular weight is 227 g/mol. The maximum absolute atomic E-state index is 11.2. The topological polar surface area (TPSA) is 89.0 Å². The molecule has 0 saturated carbocycles. The molecule has 1 aliphatic heterocycles. The van der Waals surface area contributed by atoms with Gasteiger partial charge >= 0.3 is 0 Å². The molecular weight excluding hydrogens is 218 g/mol. The van der Waals surface area contributed by atoms with Crippen LogP contribution in [0.4, 0.5) is 5.82 Å². The van der Waals surface area contributed by atoms with Crippen molar-refractivity contribution in [3.63, 3.8) is 0 Å². The molecule has 0 saturated heterocycles. The molecular formula is C8H9N3O3S. The van der Waals surface area contributed by atoms with E-state index in [0.29, 0.717) is 18.7 Å². The van der Waals surface area contributed by atoms with Gasteiger partial charge in [-0.15, -0.1) is 0 Å². The zero-order chi connectivity index (χ0) is 11.1. The fourth-order valence-corrected chi connectivity index (χ4v) is 1.80. The smallest absolute Gasteiger partial charge is 0.248 e. The van der Waals surface area contributed by atoms with Crippen molar-refractivity contribution in [1.82, 2.24) is 9.97 Å². The number of anilines is 1. The maximum Gasteiger partial charge on any atom is 0.248 e. The number of nitrogens with one attached hydrogen (secondary N) is 1. The highest BCUT2D eigenvalue weighted by atomic mass is 32.2. The fraction of sp³-hybridized carbons (Fsp3) is 0.375. The van der Waals surface area contributed by atoms with E-state index in [1.807, 2.05) is 0 Å².